The number of sulfonamides is 2. The fourth-order valence-corrected chi connectivity index (χ4v) is 12.0. The van der Waals surface area contributed by atoms with Crippen molar-refractivity contribution in [2.24, 2.45) is 0 Å². The summed E-state index contributed by atoms with van der Waals surface area (Å²) < 4.78 is 79.9. The van der Waals surface area contributed by atoms with Crippen molar-refractivity contribution in [1.82, 2.24) is 35.2 Å². The number of hydrogen-bond donors (Lipinski definition) is 5. The summed E-state index contributed by atoms with van der Waals surface area (Å²) in [5, 5.41) is 10.6. The minimum absolute atomic E-state index is 0.0817. The third-order valence-electron chi connectivity index (χ3n) is 12.4. The maximum atomic E-state index is 13.1. The van der Waals surface area contributed by atoms with Crippen LogP contribution >= 0.6 is 46.4 Å². The van der Waals surface area contributed by atoms with Crippen LogP contribution in [0.1, 0.15) is 70.9 Å². The van der Waals surface area contributed by atoms with E-state index < -0.39 is 20.0 Å². The zero-order valence-electron chi connectivity index (χ0n) is 41.7. The second-order valence-electron chi connectivity index (χ2n) is 18.1. The Morgan fingerprint density at radius 3 is 1.46 bits per heavy atom. The number of nitrogens with zero attached hydrogens (tertiary/aromatic N) is 2. The van der Waals surface area contributed by atoms with Gasteiger partial charge in [-0.25, -0.2) is 31.1 Å². The van der Waals surface area contributed by atoms with Crippen molar-refractivity contribution in [3.05, 3.63) is 126 Å². The highest BCUT2D eigenvalue weighted by Gasteiger charge is 2.30. The molecule has 23 heteroatoms. The van der Waals surface area contributed by atoms with Crippen LogP contribution in [0.15, 0.2) is 82.6 Å². The molecule has 4 aromatic rings. The number of hydrogen-bond acceptors (Lipinski definition) is 12. The number of unbranched alkanes of at least 4 members (excludes halogenated alkanes) is 1. The minimum Gasteiger partial charge on any atom is -0.379 e. The van der Waals surface area contributed by atoms with Gasteiger partial charge < -0.3 is 44.7 Å². The van der Waals surface area contributed by atoms with Gasteiger partial charge in [-0.05, 0) is 115 Å². The summed E-state index contributed by atoms with van der Waals surface area (Å²) in [6, 6.07) is 20.8. The van der Waals surface area contributed by atoms with Crippen LogP contribution in [-0.4, -0.2) is 151 Å². The Hall–Kier alpha value is -3.64. The van der Waals surface area contributed by atoms with E-state index >= 15 is 0 Å². The normalized spacial score (nSPS) is 16.1. The summed E-state index contributed by atoms with van der Waals surface area (Å²) in [6.07, 6.45) is 2.22. The van der Waals surface area contributed by atoms with Crippen molar-refractivity contribution < 1.29 is 45.4 Å². The molecule has 3 amide bonds. The van der Waals surface area contributed by atoms with Crippen molar-refractivity contribution in [2.75, 3.05) is 113 Å². The minimum atomic E-state index is -3.79. The summed E-state index contributed by atoms with van der Waals surface area (Å²) >= 11 is 25.7. The smallest absolute Gasteiger partial charge is 0.314 e. The molecular formula is C51H67Cl4N7O10S2. The summed E-state index contributed by atoms with van der Waals surface area (Å²) in [4.78, 5) is 29.0. The van der Waals surface area contributed by atoms with Gasteiger partial charge in [-0.1, -0.05) is 70.7 Å². The third-order valence-corrected chi connectivity index (χ3v) is 16.4. The molecule has 0 aliphatic carbocycles. The molecule has 5 N–H and O–H groups in total. The lowest BCUT2D eigenvalue weighted by molar-refractivity contribution is -0.121. The first-order chi connectivity index (χ1) is 35.5. The van der Waals surface area contributed by atoms with Gasteiger partial charge >= 0.3 is 6.03 Å². The largest absolute Gasteiger partial charge is 0.379 e. The molecule has 2 aliphatic rings. The van der Waals surface area contributed by atoms with Crippen LogP contribution in [0, 0.1) is 0 Å². The summed E-state index contributed by atoms with van der Waals surface area (Å²) in [6.45, 7) is 6.23. The Kier molecular flexibility index (Phi) is 24.0. The Bertz CT molecular complexity index is 2540. The van der Waals surface area contributed by atoms with Crippen molar-refractivity contribution in [1.29, 1.82) is 0 Å². The van der Waals surface area contributed by atoms with Crippen molar-refractivity contribution in [2.45, 2.75) is 60.4 Å². The predicted molar refractivity (Wildman–Crippen MR) is 289 cm³/mol. The number of urea groups is 1. The first kappa shape index (κ1) is 59.6. The van der Waals surface area contributed by atoms with Crippen LogP contribution in [0.3, 0.4) is 0 Å². The number of carbonyl (C=O) groups excluding carboxylic acids is 2. The lowest BCUT2D eigenvalue weighted by Crippen LogP contribution is -2.38. The molecule has 406 valence electrons. The van der Waals surface area contributed by atoms with Gasteiger partial charge in [0.15, 0.2) is 0 Å². The Morgan fingerprint density at radius 2 is 0.973 bits per heavy atom. The Labute approximate surface area is 455 Å². The number of amides is 3. The van der Waals surface area contributed by atoms with E-state index in [2.05, 4.69) is 35.2 Å². The summed E-state index contributed by atoms with van der Waals surface area (Å²) in [5.74, 6) is -0.268. The van der Waals surface area contributed by atoms with Crippen LogP contribution in [-0.2, 0) is 56.9 Å². The molecule has 17 nitrogen and oxygen atoms in total. The van der Waals surface area contributed by atoms with Gasteiger partial charge in [0.25, 0.3) is 0 Å². The molecule has 4 aromatic carbocycles. The van der Waals surface area contributed by atoms with Gasteiger partial charge in [0.1, 0.15) is 0 Å². The van der Waals surface area contributed by atoms with Crippen molar-refractivity contribution in [3.8, 4) is 0 Å². The third kappa shape index (κ3) is 18.5. The molecule has 0 fully saturated rings. The second kappa shape index (κ2) is 29.8. The second-order valence-corrected chi connectivity index (χ2v) is 23.4. The van der Waals surface area contributed by atoms with E-state index in [0.717, 1.165) is 33.4 Å². The van der Waals surface area contributed by atoms with E-state index in [1.165, 1.54) is 0 Å². The standard InChI is InChI=1S/C51H67Cl4N7O10S2/c1-61-32-44(42-28-38(52)30-48(54)46(42)34-61)36-8-5-10-40(26-36)73(65,66)59-16-20-71-23-22-69-18-7-12-50(63)56-13-3-4-14-57-51(64)58-15-19-70-24-25-72-21-17-60-74(67,68)41-11-6-9-37(27-41)45-33-62(2)35-47-43(45)29-39(53)31-49(47)55/h5-6,8-11,26-31,44-45,59-60H,3-4,7,12-25,32-35H2,1-2H3,(H,56,63)(H2,57,58,64)/t44-,45+/m1/s1. The number of fused-ring (bicyclic) bond motifs is 2. The van der Waals surface area contributed by atoms with E-state index in [9.17, 15) is 26.4 Å². The van der Waals surface area contributed by atoms with E-state index in [0.29, 0.717) is 105 Å². The molecule has 2 heterocycles. The van der Waals surface area contributed by atoms with Gasteiger partial charge in [-0.15, -0.1) is 0 Å². The quantitative estimate of drug-likeness (QED) is 0.0344. The number of likely N-dealkylation sites (N-methyl/N-ethyl adjacent to an activating group) is 2. The lowest BCUT2D eigenvalue weighted by Gasteiger charge is -2.33. The van der Waals surface area contributed by atoms with E-state index in [4.69, 9.17) is 65.4 Å². The zero-order chi connectivity index (χ0) is 53.1. The zero-order valence-corrected chi connectivity index (χ0v) is 46.4. The Morgan fingerprint density at radius 1 is 0.541 bits per heavy atom. The van der Waals surface area contributed by atoms with Gasteiger partial charge in [-0.2, -0.15) is 0 Å². The summed E-state index contributed by atoms with van der Waals surface area (Å²) in [7, 11) is -3.57. The molecule has 0 radical (unpaired) electrons. The van der Waals surface area contributed by atoms with Gasteiger partial charge in [0.05, 0.1) is 56.0 Å². The van der Waals surface area contributed by atoms with Crippen molar-refractivity contribution >= 4 is 78.4 Å². The van der Waals surface area contributed by atoms with Crippen LogP contribution < -0.4 is 25.4 Å². The van der Waals surface area contributed by atoms with Gasteiger partial charge in [-0.3, -0.25) is 4.79 Å². The summed E-state index contributed by atoms with van der Waals surface area (Å²) in [5.41, 5.74) is 5.69. The molecular weight excluding hydrogens is 1080 g/mol. The molecule has 0 saturated heterocycles. The van der Waals surface area contributed by atoms with Gasteiger partial charge in [0, 0.05) is 104 Å². The number of nitrogens with one attached hydrogen (secondary N) is 5. The molecule has 0 unspecified atom stereocenters. The molecule has 74 heavy (non-hydrogen) atoms. The van der Waals surface area contributed by atoms with E-state index in [1.54, 1.807) is 48.5 Å². The first-order valence-corrected chi connectivity index (χ1v) is 29.1. The number of carbonyl (C=O) groups is 2. The SMILES string of the molecule is CN1Cc2c(Cl)cc(Cl)cc2[C@@H](c2cccc(S(=O)(=O)NCCOCCOCCCC(=O)NCCCCNC(=O)NCCOCCOCCNS(=O)(=O)c3cccc([C@@H]4CN(C)Cc5c(Cl)cc(Cl)cc54)c3)c2)C1. The highest BCUT2D eigenvalue weighted by Crippen LogP contribution is 2.40. The number of rotatable bonds is 30. The fourth-order valence-electron chi connectivity index (χ4n) is 8.77. The van der Waals surface area contributed by atoms with Crippen LogP contribution in [0.5, 0.6) is 0 Å². The fraction of sp³-hybridized carbons (Fsp3) is 0.490. The monoisotopic (exact) mass is 1140 g/mol. The predicted octanol–water partition coefficient (Wildman–Crippen LogP) is 6.75. The number of ether oxygens (including phenoxy) is 4. The average Bonchev–Trinajstić information content (AvgIpc) is 3.36. The number of halogens is 4. The first-order valence-electron chi connectivity index (χ1n) is 24.6. The van der Waals surface area contributed by atoms with E-state index in [-0.39, 0.29) is 86.3 Å². The lowest BCUT2D eigenvalue weighted by atomic mass is 9.85. The average molecular weight is 1140 g/mol. The molecule has 0 spiro atoms. The van der Waals surface area contributed by atoms with Crippen LogP contribution in [0.4, 0.5) is 4.79 Å². The Balaban J connectivity index is 0.707. The highest BCUT2D eigenvalue weighted by molar-refractivity contribution is 7.89. The molecule has 2 atom stereocenters. The topological polar surface area (TPSA) is 206 Å². The van der Waals surface area contributed by atoms with E-state index in [1.807, 2.05) is 38.4 Å². The maximum Gasteiger partial charge on any atom is 0.314 e. The van der Waals surface area contributed by atoms with Crippen LogP contribution in [0.25, 0.3) is 0 Å². The molecule has 0 bridgehead atoms. The molecule has 0 saturated carbocycles. The van der Waals surface area contributed by atoms with Crippen LogP contribution in [0.2, 0.25) is 20.1 Å². The highest BCUT2D eigenvalue weighted by atomic mass is 35.5. The molecule has 2 aliphatic heterocycles. The van der Waals surface area contributed by atoms with Gasteiger partial charge in [0.2, 0.25) is 26.0 Å². The van der Waals surface area contributed by atoms with Crippen molar-refractivity contribution in [3.63, 3.8) is 0 Å². The molecule has 0 aromatic heterocycles. The molecule has 6 rings (SSSR count). The number of benzene rings is 4. The maximum absolute atomic E-state index is 13.1.